The summed E-state index contributed by atoms with van der Waals surface area (Å²) in [7, 11) is 0. The number of rotatable bonds is 4. The average Bonchev–Trinajstić information content (AvgIpc) is 3.08. The minimum atomic E-state index is 0.0849. The largest absolute Gasteiger partial charge is 0.379 e. The van der Waals surface area contributed by atoms with Crippen molar-refractivity contribution in [3.8, 4) is 11.6 Å². The fourth-order valence-corrected chi connectivity index (χ4v) is 2.25. The van der Waals surface area contributed by atoms with Crippen molar-refractivity contribution in [1.29, 1.82) is 0 Å². The topological polar surface area (TPSA) is 86.0 Å². The Kier molecular flexibility index (Phi) is 3.70. The number of hydrogen-bond acceptors (Lipinski definition) is 7. The zero-order valence-corrected chi connectivity index (χ0v) is 11.5. The summed E-state index contributed by atoms with van der Waals surface area (Å²) in [6.45, 7) is 6.13. The van der Waals surface area contributed by atoms with Gasteiger partial charge in [0.05, 0.1) is 19.1 Å². The number of aromatic nitrogens is 4. The Bertz CT molecular complexity index is 568. The molecule has 0 amide bonds. The van der Waals surface area contributed by atoms with Gasteiger partial charge in [-0.15, -0.1) is 0 Å². The molecule has 7 nitrogen and oxygen atoms in total. The van der Waals surface area contributed by atoms with Gasteiger partial charge in [0.25, 0.3) is 0 Å². The molecule has 3 heterocycles. The molecule has 0 radical (unpaired) electrons. The molecule has 2 aromatic rings. The van der Waals surface area contributed by atoms with Crippen molar-refractivity contribution in [3.63, 3.8) is 0 Å². The van der Waals surface area contributed by atoms with E-state index < -0.39 is 0 Å². The molecular weight excluding hydrogens is 258 g/mol. The lowest BCUT2D eigenvalue weighted by atomic mass is 10.0. The van der Waals surface area contributed by atoms with E-state index >= 15 is 0 Å². The van der Waals surface area contributed by atoms with E-state index in [2.05, 4.69) is 32.3 Å². The lowest BCUT2D eigenvalue weighted by molar-refractivity contribution is 0.185. The molecule has 1 fully saturated rings. The van der Waals surface area contributed by atoms with Crippen LogP contribution in [0.25, 0.3) is 11.6 Å². The number of nitrogens with zero attached hydrogens (tertiary/aromatic N) is 4. The Morgan fingerprint density at radius 1 is 1.25 bits per heavy atom. The van der Waals surface area contributed by atoms with Gasteiger partial charge >= 0.3 is 0 Å². The molecule has 2 atom stereocenters. The average molecular weight is 275 g/mol. The summed E-state index contributed by atoms with van der Waals surface area (Å²) in [5, 5.41) is 7.33. The maximum absolute atomic E-state index is 5.49. The van der Waals surface area contributed by atoms with Crippen molar-refractivity contribution in [2.75, 3.05) is 19.8 Å². The zero-order chi connectivity index (χ0) is 13.9. The molecule has 106 valence electrons. The van der Waals surface area contributed by atoms with Crippen molar-refractivity contribution in [3.05, 3.63) is 23.8 Å². The van der Waals surface area contributed by atoms with Crippen LogP contribution >= 0.6 is 0 Å². The Hall–Kier alpha value is -1.86. The van der Waals surface area contributed by atoms with Crippen LogP contribution in [0.2, 0.25) is 0 Å². The molecule has 1 N–H and O–H groups in total. The Morgan fingerprint density at radius 2 is 2.05 bits per heavy atom. The second-order valence-corrected chi connectivity index (χ2v) is 4.85. The van der Waals surface area contributed by atoms with Gasteiger partial charge in [-0.05, 0) is 19.0 Å². The van der Waals surface area contributed by atoms with Crippen LogP contribution in [0, 0.1) is 6.92 Å². The van der Waals surface area contributed by atoms with Crippen LogP contribution in [0.15, 0.2) is 16.9 Å². The van der Waals surface area contributed by atoms with Crippen LogP contribution in [-0.4, -0.2) is 45.9 Å². The SMILES string of the molecule is CCNC1COCC1c1nc(-c2ncc(C)cn2)no1. The van der Waals surface area contributed by atoms with Crippen LogP contribution in [-0.2, 0) is 4.74 Å². The smallest absolute Gasteiger partial charge is 0.240 e. The van der Waals surface area contributed by atoms with Gasteiger partial charge in [-0.1, -0.05) is 12.1 Å². The molecule has 0 saturated carbocycles. The normalized spacial score (nSPS) is 22.3. The fourth-order valence-electron chi connectivity index (χ4n) is 2.25. The third-order valence-corrected chi connectivity index (χ3v) is 3.29. The Morgan fingerprint density at radius 3 is 2.80 bits per heavy atom. The van der Waals surface area contributed by atoms with Crippen LogP contribution in [0.4, 0.5) is 0 Å². The number of aryl methyl sites for hydroxylation is 1. The monoisotopic (exact) mass is 275 g/mol. The second kappa shape index (κ2) is 5.64. The molecular formula is C13H17N5O2. The molecule has 20 heavy (non-hydrogen) atoms. The summed E-state index contributed by atoms with van der Waals surface area (Å²) in [6.07, 6.45) is 3.47. The Balaban J connectivity index is 1.81. The standard InChI is InChI=1S/C13H17N5O2/c1-3-14-10-7-19-6-9(10)13-17-12(18-20-13)11-15-4-8(2)5-16-11/h4-5,9-10,14H,3,6-7H2,1-2H3. The van der Waals surface area contributed by atoms with E-state index in [1.807, 2.05) is 6.92 Å². The van der Waals surface area contributed by atoms with Crippen molar-refractivity contribution in [2.24, 2.45) is 0 Å². The quantitative estimate of drug-likeness (QED) is 0.888. The van der Waals surface area contributed by atoms with Gasteiger partial charge < -0.3 is 14.6 Å². The molecule has 0 bridgehead atoms. The van der Waals surface area contributed by atoms with Crippen molar-refractivity contribution < 1.29 is 9.26 Å². The van der Waals surface area contributed by atoms with Crippen molar-refractivity contribution >= 4 is 0 Å². The van der Waals surface area contributed by atoms with Crippen molar-refractivity contribution in [2.45, 2.75) is 25.8 Å². The fraction of sp³-hybridized carbons (Fsp3) is 0.538. The molecule has 2 unspecified atom stereocenters. The maximum atomic E-state index is 5.49. The zero-order valence-electron chi connectivity index (χ0n) is 11.5. The summed E-state index contributed by atoms with van der Waals surface area (Å²) in [6, 6.07) is 0.215. The Labute approximate surface area is 116 Å². The summed E-state index contributed by atoms with van der Waals surface area (Å²) in [5.41, 5.74) is 0.994. The van der Waals surface area contributed by atoms with Gasteiger partial charge in [0.2, 0.25) is 17.5 Å². The van der Waals surface area contributed by atoms with Crippen LogP contribution in [0.1, 0.15) is 24.3 Å². The highest BCUT2D eigenvalue weighted by Crippen LogP contribution is 2.25. The third kappa shape index (κ3) is 2.54. The predicted molar refractivity (Wildman–Crippen MR) is 71.1 cm³/mol. The summed E-state index contributed by atoms with van der Waals surface area (Å²) in [5.74, 6) is 1.56. The van der Waals surface area contributed by atoms with E-state index in [-0.39, 0.29) is 12.0 Å². The maximum Gasteiger partial charge on any atom is 0.240 e. The molecule has 0 aliphatic carbocycles. The summed E-state index contributed by atoms with van der Waals surface area (Å²) < 4.78 is 10.8. The van der Waals surface area contributed by atoms with E-state index in [0.29, 0.717) is 30.8 Å². The predicted octanol–water partition coefficient (Wildman–Crippen LogP) is 0.927. The van der Waals surface area contributed by atoms with E-state index in [1.165, 1.54) is 0 Å². The first kappa shape index (κ1) is 13.1. The van der Waals surface area contributed by atoms with Gasteiger partial charge in [0, 0.05) is 18.4 Å². The molecule has 1 aliphatic rings. The third-order valence-electron chi connectivity index (χ3n) is 3.29. The molecule has 0 aromatic carbocycles. The highest BCUT2D eigenvalue weighted by molar-refractivity contribution is 5.41. The first-order chi connectivity index (χ1) is 9.78. The molecule has 7 heteroatoms. The van der Waals surface area contributed by atoms with Gasteiger partial charge in [-0.3, -0.25) is 0 Å². The first-order valence-electron chi connectivity index (χ1n) is 6.71. The van der Waals surface area contributed by atoms with Crippen LogP contribution < -0.4 is 5.32 Å². The van der Waals surface area contributed by atoms with Gasteiger partial charge in [-0.2, -0.15) is 4.98 Å². The van der Waals surface area contributed by atoms with E-state index in [4.69, 9.17) is 9.26 Å². The van der Waals surface area contributed by atoms with Gasteiger partial charge in [0.1, 0.15) is 0 Å². The summed E-state index contributed by atoms with van der Waals surface area (Å²) >= 11 is 0. The van der Waals surface area contributed by atoms with E-state index in [0.717, 1.165) is 12.1 Å². The lowest BCUT2D eigenvalue weighted by Gasteiger charge is -2.13. The molecule has 0 spiro atoms. The second-order valence-electron chi connectivity index (χ2n) is 4.85. The van der Waals surface area contributed by atoms with Crippen molar-refractivity contribution in [1.82, 2.24) is 25.4 Å². The number of hydrogen-bond donors (Lipinski definition) is 1. The summed E-state index contributed by atoms with van der Waals surface area (Å²) in [4.78, 5) is 12.8. The lowest BCUT2D eigenvalue weighted by Crippen LogP contribution is -2.34. The van der Waals surface area contributed by atoms with E-state index in [1.54, 1.807) is 12.4 Å². The van der Waals surface area contributed by atoms with Gasteiger partial charge in [-0.25, -0.2) is 9.97 Å². The number of nitrogens with one attached hydrogen (secondary N) is 1. The molecule has 1 aliphatic heterocycles. The number of likely N-dealkylation sites (N-methyl/N-ethyl adjacent to an activating group) is 1. The first-order valence-corrected chi connectivity index (χ1v) is 6.71. The van der Waals surface area contributed by atoms with Crippen LogP contribution in [0.3, 0.4) is 0 Å². The van der Waals surface area contributed by atoms with E-state index in [9.17, 15) is 0 Å². The molecule has 1 saturated heterocycles. The van der Waals surface area contributed by atoms with Gasteiger partial charge in [0.15, 0.2) is 0 Å². The highest BCUT2D eigenvalue weighted by atomic mass is 16.5. The highest BCUT2D eigenvalue weighted by Gasteiger charge is 2.33. The molecule has 3 rings (SSSR count). The molecule has 2 aromatic heterocycles. The van der Waals surface area contributed by atoms with Crippen LogP contribution in [0.5, 0.6) is 0 Å². The minimum Gasteiger partial charge on any atom is -0.379 e. The number of ether oxygens (including phenoxy) is 1. The minimum absolute atomic E-state index is 0.0849.